The number of benzene rings is 2. The molecule has 8 heteroatoms. The van der Waals surface area contributed by atoms with E-state index in [2.05, 4.69) is 20.6 Å². The minimum atomic E-state index is -0.572. The van der Waals surface area contributed by atoms with E-state index < -0.39 is 5.91 Å². The lowest BCUT2D eigenvalue weighted by molar-refractivity contribution is 0.0949. The van der Waals surface area contributed by atoms with E-state index in [0.717, 1.165) is 10.9 Å². The second kappa shape index (κ2) is 7.51. The average molecular weight is 387 g/mol. The fourth-order valence-electron chi connectivity index (χ4n) is 3.09. The predicted molar refractivity (Wildman–Crippen MR) is 111 cm³/mol. The van der Waals surface area contributed by atoms with Crippen molar-refractivity contribution in [1.29, 1.82) is 0 Å². The van der Waals surface area contributed by atoms with E-state index in [4.69, 9.17) is 0 Å². The number of pyridine rings is 1. The zero-order chi connectivity index (χ0) is 20.4. The highest BCUT2D eigenvalue weighted by molar-refractivity contribution is 6.05. The van der Waals surface area contributed by atoms with Crippen LogP contribution in [0.5, 0.6) is 0 Å². The minimum absolute atomic E-state index is 0.0895. The van der Waals surface area contributed by atoms with E-state index >= 15 is 0 Å². The number of amides is 1. The number of para-hydroxylation sites is 1. The molecule has 0 aliphatic heterocycles. The van der Waals surface area contributed by atoms with Crippen molar-refractivity contribution in [2.45, 2.75) is 13.5 Å². The first-order valence-electron chi connectivity index (χ1n) is 9.04. The summed E-state index contributed by atoms with van der Waals surface area (Å²) < 4.78 is 1.23. The van der Waals surface area contributed by atoms with Crippen molar-refractivity contribution in [1.82, 2.24) is 20.2 Å². The smallest absolute Gasteiger partial charge is 0.292 e. The zero-order valence-corrected chi connectivity index (χ0v) is 15.5. The summed E-state index contributed by atoms with van der Waals surface area (Å²) >= 11 is 0. The molecule has 0 unspecified atom stereocenters. The van der Waals surface area contributed by atoms with E-state index in [1.54, 1.807) is 43.3 Å². The normalized spacial score (nSPS) is 11.3. The fourth-order valence-corrected chi connectivity index (χ4v) is 3.09. The summed E-state index contributed by atoms with van der Waals surface area (Å²) in [4.78, 5) is 39.9. The van der Waals surface area contributed by atoms with E-state index in [0.29, 0.717) is 22.9 Å². The second-order valence-corrected chi connectivity index (χ2v) is 6.36. The van der Waals surface area contributed by atoms with Crippen LogP contribution < -0.4 is 16.5 Å². The van der Waals surface area contributed by atoms with Crippen molar-refractivity contribution in [2.75, 3.05) is 0 Å². The molecule has 0 bridgehead atoms. The molecule has 0 spiro atoms. The van der Waals surface area contributed by atoms with Crippen molar-refractivity contribution in [3.8, 4) is 0 Å². The first-order chi connectivity index (χ1) is 14.1. The molecule has 0 atom stereocenters. The lowest BCUT2D eigenvalue weighted by atomic mass is 10.1. The Labute approximate surface area is 164 Å². The number of hydrazone groups is 1. The van der Waals surface area contributed by atoms with Crippen molar-refractivity contribution in [3.05, 3.63) is 86.6 Å². The van der Waals surface area contributed by atoms with Gasteiger partial charge >= 0.3 is 0 Å². The van der Waals surface area contributed by atoms with Gasteiger partial charge in [-0.3, -0.25) is 14.4 Å². The maximum Gasteiger partial charge on any atom is 0.292 e. The Bertz CT molecular complexity index is 1380. The lowest BCUT2D eigenvalue weighted by Gasteiger charge is -2.08. The predicted octanol–water partition coefficient (Wildman–Crippen LogP) is 2.02. The number of nitrogens with one attached hydrogen (secondary N) is 2. The number of H-pyrrole nitrogens is 1. The molecule has 29 heavy (non-hydrogen) atoms. The highest BCUT2D eigenvalue weighted by atomic mass is 16.2. The van der Waals surface area contributed by atoms with Gasteiger partial charge in [-0.15, -0.1) is 0 Å². The van der Waals surface area contributed by atoms with Crippen LogP contribution in [0.4, 0.5) is 0 Å². The molecule has 2 N–H and O–H groups in total. The number of carbonyl (C=O) groups excluding carboxylic acids is 1. The van der Waals surface area contributed by atoms with Crippen molar-refractivity contribution in [3.63, 3.8) is 0 Å². The number of carbonyl (C=O) groups is 1. The van der Waals surface area contributed by atoms with Crippen molar-refractivity contribution >= 4 is 33.8 Å². The SMILES string of the molecule is CCn1nc(C(=O)N/N=C/c2cc3ccccc3[nH]c2=O)c2ccccc2c1=O. The number of aromatic nitrogens is 3. The summed E-state index contributed by atoms with van der Waals surface area (Å²) in [6.45, 7) is 2.11. The fraction of sp³-hybridized carbons (Fsp3) is 0.0952. The van der Waals surface area contributed by atoms with E-state index in [1.165, 1.54) is 10.9 Å². The van der Waals surface area contributed by atoms with Crippen LogP contribution >= 0.6 is 0 Å². The number of fused-ring (bicyclic) bond motifs is 2. The molecular formula is C21H17N5O3. The summed E-state index contributed by atoms with van der Waals surface area (Å²) in [5, 5.41) is 9.75. The average Bonchev–Trinajstić information content (AvgIpc) is 2.74. The van der Waals surface area contributed by atoms with Crippen molar-refractivity contribution in [2.24, 2.45) is 5.10 Å². The number of aryl methyl sites for hydroxylation is 1. The van der Waals surface area contributed by atoms with Crippen LogP contribution in [0.15, 0.2) is 69.3 Å². The summed E-state index contributed by atoms with van der Waals surface area (Å²) in [5.74, 6) is -0.572. The highest BCUT2D eigenvalue weighted by Gasteiger charge is 2.15. The van der Waals surface area contributed by atoms with Crippen LogP contribution in [0, 0.1) is 0 Å². The van der Waals surface area contributed by atoms with Crippen LogP contribution in [0.3, 0.4) is 0 Å². The molecule has 1 amide bonds. The molecule has 0 aliphatic rings. The third-order valence-corrected chi connectivity index (χ3v) is 4.53. The van der Waals surface area contributed by atoms with Gasteiger partial charge in [0.2, 0.25) is 0 Å². The molecule has 0 saturated heterocycles. The quantitative estimate of drug-likeness (QED) is 0.412. The number of aromatic amines is 1. The number of nitrogens with zero attached hydrogens (tertiary/aromatic N) is 3. The standard InChI is InChI=1S/C21H17N5O3/c1-2-26-21(29)16-9-5-4-8-15(16)18(25-26)20(28)24-22-12-14-11-13-7-3-6-10-17(13)23-19(14)27/h3-12H,2H2,1H3,(H,23,27)(H,24,28)/b22-12+. The van der Waals surface area contributed by atoms with Crippen LogP contribution in [0.2, 0.25) is 0 Å². The molecule has 8 nitrogen and oxygen atoms in total. The molecular weight excluding hydrogens is 370 g/mol. The lowest BCUT2D eigenvalue weighted by Crippen LogP contribution is -2.28. The van der Waals surface area contributed by atoms with Gasteiger partial charge in [0, 0.05) is 17.4 Å². The summed E-state index contributed by atoms with van der Waals surface area (Å²) in [5.41, 5.74) is 2.93. The maximum atomic E-state index is 12.6. The van der Waals surface area contributed by atoms with Crippen molar-refractivity contribution < 1.29 is 4.79 Å². The Kier molecular flexibility index (Phi) is 4.74. The van der Waals surface area contributed by atoms with Gasteiger partial charge in [0.05, 0.1) is 17.2 Å². The van der Waals surface area contributed by atoms with Gasteiger partial charge in [-0.1, -0.05) is 36.4 Å². The maximum absolute atomic E-state index is 12.6. The Hall–Kier alpha value is -4.07. The zero-order valence-electron chi connectivity index (χ0n) is 15.5. The minimum Gasteiger partial charge on any atom is -0.321 e. The number of hydrogen-bond acceptors (Lipinski definition) is 5. The number of rotatable bonds is 4. The van der Waals surface area contributed by atoms with Crippen LogP contribution in [0.1, 0.15) is 23.0 Å². The van der Waals surface area contributed by atoms with Crippen LogP contribution in [0.25, 0.3) is 21.7 Å². The summed E-state index contributed by atoms with van der Waals surface area (Å²) in [7, 11) is 0. The molecule has 0 saturated carbocycles. The van der Waals surface area contributed by atoms with Gasteiger partial charge < -0.3 is 4.98 Å². The van der Waals surface area contributed by atoms with Gasteiger partial charge in [0.15, 0.2) is 5.69 Å². The highest BCUT2D eigenvalue weighted by Crippen LogP contribution is 2.13. The van der Waals surface area contributed by atoms with Crippen LogP contribution in [-0.4, -0.2) is 26.9 Å². The third-order valence-electron chi connectivity index (χ3n) is 4.53. The topological polar surface area (TPSA) is 109 Å². The largest absolute Gasteiger partial charge is 0.321 e. The van der Waals surface area contributed by atoms with Gasteiger partial charge in [-0.05, 0) is 30.5 Å². The second-order valence-electron chi connectivity index (χ2n) is 6.36. The molecule has 0 fully saturated rings. The monoisotopic (exact) mass is 387 g/mol. The Morgan fingerprint density at radius 3 is 2.66 bits per heavy atom. The summed E-state index contributed by atoms with van der Waals surface area (Å²) in [6, 6.07) is 15.8. The first kappa shape index (κ1) is 18.3. The van der Waals surface area contributed by atoms with Gasteiger partial charge in [0.25, 0.3) is 17.0 Å². The Morgan fingerprint density at radius 1 is 1.14 bits per heavy atom. The third kappa shape index (κ3) is 3.43. The van der Waals surface area contributed by atoms with Gasteiger partial charge in [-0.2, -0.15) is 10.2 Å². The number of hydrogen-bond donors (Lipinski definition) is 2. The molecule has 0 aliphatic carbocycles. The Balaban J connectivity index is 1.66. The molecule has 144 valence electrons. The molecule has 4 aromatic rings. The molecule has 2 aromatic carbocycles. The summed E-state index contributed by atoms with van der Waals surface area (Å²) in [6.07, 6.45) is 1.28. The molecule has 2 aromatic heterocycles. The first-order valence-corrected chi connectivity index (χ1v) is 9.04. The van der Waals surface area contributed by atoms with Crippen LogP contribution in [-0.2, 0) is 6.54 Å². The molecule has 4 rings (SSSR count). The van der Waals surface area contributed by atoms with Gasteiger partial charge in [0.1, 0.15) is 0 Å². The molecule has 0 radical (unpaired) electrons. The van der Waals surface area contributed by atoms with E-state index in [-0.39, 0.29) is 16.8 Å². The Morgan fingerprint density at radius 2 is 1.86 bits per heavy atom. The van der Waals surface area contributed by atoms with E-state index in [1.807, 2.05) is 18.2 Å². The molecule has 2 heterocycles. The van der Waals surface area contributed by atoms with E-state index in [9.17, 15) is 14.4 Å². The van der Waals surface area contributed by atoms with Gasteiger partial charge in [-0.25, -0.2) is 10.1 Å².